The highest BCUT2D eigenvalue weighted by Crippen LogP contribution is 2.35. The number of sulfonamides is 1. The van der Waals surface area contributed by atoms with E-state index in [1.54, 1.807) is 0 Å². The molecule has 1 aliphatic carbocycles. The van der Waals surface area contributed by atoms with E-state index in [4.69, 9.17) is 16.3 Å². The summed E-state index contributed by atoms with van der Waals surface area (Å²) in [6.07, 6.45) is 1.81. The maximum absolute atomic E-state index is 12.5. The van der Waals surface area contributed by atoms with Crippen molar-refractivity contribution >= 4 is 21.6 Å². The zero-order valence-electron chi connectivity index (χ0n) is 11.1. The van der Waals surface area contributed by atoms with Crippen LogP contribution >= 0.6 is 11.6 Å². The highest BCUT2D eigenvalue weighted by molar-refractivity contribution is 7.90. The Morgan fingerprint density at radius 3 is 2.65 bits per heavy atom. The standard InChI is InChI=1S/C14H18ClNO3S/c15-13-9-10-3-1-2-4-12(10)14(13)16-20(17,18)11-5-7-19-8-6-11/h1-4,11,13-14,16H,5-9H2. The molecule has 2 atom stereocenters. The van der Waals surface area contributed by atoms with Gasteiger partial charge in [-0.15, -0.1) is 11.6 Å². The quantitative estimate of drug-likeness (QED) is 0.868. The lowest BCUT2D eigenvalue weighted by molar-refractivity contribution is 0.0981. The summed E-state index contributed by atoms with van der Waals surface area (Å²) in [5.74, 6) is 0. The summed E-state index contributed by atoms with van der Waals surface area (Å²) in [5, 5.41) is -0.588. The second-order valence-corrected chi connectivity index (χ2v) is 7.92. The van der Waals surface area contributed by atoms with E-state index in [9.17, 15) is 8.42 Å². The molecule has 1 aromatic carbocycles. The predicted octanol–water partition coefficient (Wildman–Crippen LogP) is 1.99. The molecule has 6 heteroatoms. The van der Waals surface area contributed by atoms with E-state index in [2.05, 4.69) is 4.72 Å². The van der Waals surface area contributed by atoms with Gasteiger partial charge < -0.3 is 4.74 Å². The molecule has 110 valence electrons. The van der Waals surface area contributed by atoms with Crippen molar-refractivity contribution < 1.29 is 13.2 Å². The van der Waals surface area contributed by atoms with Crippen molar-refractivity contribution in [1.82, 2.24) is 4.72 Å². The van der Waals surface area contributed by atoms with Crippen LogP contribution in [0.3, 0.4) is 0 Å². The minimum Gasteiger partial charge on any atom is -0.381 e. The number of hydrogen-bond donors (Lipinski definition) is 1. The van der Waals surface area contributed by atoms with E-state index in [1.807, 2.05) is 24.3 Å². The highest BCUT2D eigenvalue weighted by Gasteiger charge is 2.36. The van der Waals surface area contributed by atoms with Crippen molar-refractivity contribution in [3.8, 4) is 0 Å². The second kappa shape index (κ2) is 5.64. The molecule has 1 fully saturated rings. The zero-order chi connectivity index (χ0) is 14.2. The van der Waals surface area contributed by atoms with Crippen molar-refractivity contribution in [2.75, 3.05) is 13.2 Å². The van der Waals surface area contributed by atoms with Crippen molar-refractivity contribution in [3.05, 3.63) is 35.4 Å². The lowest BCUT2D eigenvalue weighted by Crippen LogP contribution is -2.41. The van der Waals surface area contributed by atoms with Gasteiger partial charge in [0.15, 0.2) is 0 Å². The average molecular weight is 316 g/mol. The van der Waals surface area contributed by atoms with Gasteiger partial charge in [0.2, 0.25) is 10.0 Å². The first-order chi connectivity index (χ1) is 9.58. The summed E-state index contributed by atoms with van der Waals surface area (Å²) < 4.78 is 33.0. The van der Waals surface area contributed by atoms with Crippen LogP contribution in [0.25, 0.3) is 0 Å². The Balaban J connectivity index is 1.80. The normalized spacial score (nSPS) is 27.4. The molecule has 1 N–H and O–H groups in total. The molecule has 20 heavy (non-hydrogen) atoms. The molecule has 3 rings (SSSR count). The highest BCUT2D eigenvalue weighted by atomic mass is 35.5. The summed E-state index contributed by atoms with van der Waals surface area (Å²) in [6.45, 7) is 1.02. The summed E-state index contributed by atoms with van der Waals surface area (Å²) in [5.41, 5.74) is 2.13. The van der Waals surface area contributed by atoms with Crippen molar-refractivity contribution in [2.24, 2.45) is 0 Å². The van der Waals surface area contributed by atoms with Crippen LogP contribution < -0.4 is 4.72 Å². The number of rotatable bonds is 3. The van der Waals surface area contributed by atoms with Gasteiger partial charge in [0, 0.05) is 13.2 Å². The summed E-state index contributed by atoms with van der Waals surface area (Å²) >= 11 is 6.34. The minimum absolute atomic E-state index is 0.220. The lowest BCUT2D eigenvalue weighted by atomic mass is 10.1. The molecule has 1 heterocycles. The van der Waals surface area contributed by atoms with Gasteiger partial charge in [-0.25, -0.2) is 13.1 Å². The molecular formula is C14H18ClNO3S. The number of nitrogens with one attached hydrogen (secondary N) is 1. The molecule has 4 nitrogen and oxygen atoms in total. The molecule has 2 aliphatic rings. The molecule has 0 spiro atoms. The van der Waals surface area contributed by atoms with Gasteiger partial charge in [-0.3, -0.25) is 0 Å². The Labute approximate surface area is 124 Å². The molecule has 0 radical (unpaired) electrons. The topological polar surface area (TPSA) is 55.4 Å². The SMILES string of the molecule is O=S(=O)(NC1c2ccccc2CC1Cl)C1CCOCC1. The summed E-state index contributed by atoms with van der Waals surface area (Å²) in [6, 6.07) is 7.52. The van der Waals surface area contributed by atoms with Gasteiger partial charge in [-0.05, 0) is 30.4 Å². The van der Waals surface area contributed by atoms with Gasteiger partial charge >= 0.3 is 0 Å². The summed E-state index contributed by atoms with van der Waals surface area (Å²) in [4.78, 5) is 0. The summed E-state index contributed by atoms with van der Waals surface area (Å²) in [7, 11) is -3.36. The van der Waals surface area contributed by atoms with E-state index < -0.39 is 10.0 Å². The fourth-order valence-electron chi connectivity index (χ4n) is 2.94. The number of ether oxygens (including phenoxy) is 1. The van der Waals surface area contributed by atoms with Crippen molar-refractivity contribution in [1.29, 1.82) is 0 Å². The first kappa shape index (κ1) is 14.3. The molecule has 0 amide bonds. The monoisotopic (exact) mass is 315 g/mol. The number of benzene rings is 1. The second-order valence-electron chi connectivity index (χ2n) is 5.37. The Morgan fingerprint density at radius 1 is 1.20 bits per heavy atom. The average Bonchev–Trinajstić information content (AvgIpc) is 2.76. The third kappa shape index (κ3) is 2.72. The van der Waals surface area contributed by atoms with E-state index >= 15 is 0 Å². The van der Waals surface area contributed by atoms with Gasteiger partial charge in [0.25, 0.3) is 0 Å². The fraction of sp³-hybridized carbons (Fsp3) is 0.571. The van der Waals surface area contributed by atoms with Crippen LogP contribution in [-0.2, 0) is 21.2 Å². The van der Waals surface area contributed by atoms with Crippen LogP contribution in [-0.4, -0.2) is 32.3 Å². The Bertz CT molecular complexity index is 584. The lowest BCUT2D eigenvalue weighted by Gasteiger charge is -2.25. The van der Waals surface area contributed by atoms with E-state index in [0.717, 1.165) is 11.1 Å². The van der Waals surface area contributed by atoms with Crippen molar-refractivity contribution in [2.45, 2.75) is 35.9 Å². The first-order valence-electron chi connectivity index (χ1n) is 6.89. The van der Waals surface area contributed by atoms with Gasteiger partial charge in [-0.2, -0.15) is 0 Å². The molecule has 1 aliphatic heterocycles. The van der Waals surface area contributed by atoms with Crippen LogP contribution in [0.2, 0.25) is 0 Å². The third-order valence-electron chi connectivity index (χ3n) is 4.07. The van der Waals surface area contributed by atoms with E-state index in [1.165, 1.54) is 0 Å². The van der Waals surface area contributed by atoms with Gasteiger partial charge in [-0.1, -0.05) is 24.3 Å². The Hall–Kier alpha value is -0.620. The zero-order valence-corrected chi connectivity index (χ0v) is 12.7. The van der Waals surface area contributed by atoms with Crippen LogP contribution in [0.1, 0.15) is 30.0 Å². The van der Waals surface area contributed by atoms with Gasteiger partial charge in [0.1, 0.15) is 0 Å². The smallest absolute Gasteiger partial charge is 0.215 e. The van der Waals surface area contributed by atoms with Crippen LogP contribution in [0.4, 0.5) is 0 Å². The fourth-order valence-corrected chi connectivity index (χ4v) is 5.03. The molecule has 1 aromatic rings. The minimum atomic E-state index is -3.36. The maximum Gasteiger partial charge on any atom is 0.215 e. The Morgan fingerprint density at radius 2 is 1.90 bits per heavy atom. The van der Waals surface area contributed by atoms with Gasteiger partial charge in [0.05, 0.1) is 16.7 Å². The Kier molecular flexibility index (Phi) is 4.04. The third-order valence-corrected chi connectivity index (χ3v) is 6.40. The molecule has 2 unspecified atom stereocenters. The largest absolute Gasteiger partial charge is 0.381 e. The van der Waals surface area contributed by atoms with Crippen LogP contribution in [0.15, 0.2) is 24.3 Å². The molecule has 1 saturated heterocycles. The van der Waals surface area contributed by atoms with E-state index in [-0.39, 0.29) is 16.7 Å². The number of fused-ring (bicyclic) bond motifs is 1. The van der Waals surface area contributed by atoms with E-state index in [0.29, 0.717) is 32.5 Å². The molecule has 0 saturated carbocycles. The van der Waals surface area contributed by atoms with Crippen LogP contribution in [0, 0.1) is 0 Å². The number of alkyl halides is 1. The maximum atomic E-state index is 12.5. The number of halogens is 1. The van der Waals surface area contributed by atoms with Crippen LogP contribution in [0.5, 0.6) is 0 Å². The number of hydrogen-bond acceptors (Lipinski definition) is 3. The molecular weight excluding hydrogens is 298 g/mol. The molecule has 0 bridgehead atoms. The van der Waals surface area contributed by atoms with Crippen molar-refractivity contribution in [3.63, 3.8) is 0 Å². The molecule has 0 aromatic heterocycles. The predicted molar refractivity (Wildman–Crippen MR) is 78.4 cm³/mol. The first-order valence-corrected chi connectivity index (χ1v) is 8.87.